The lowest BCUT2D eigenvalue weighted by Crippen LogP contribution is -2.30. The van der Waals surface area contributed by atoms with E-state index in [-0.39, 0.29) is 18.2 Å². The Morgan fingerprint density at radius 2 is 1.90 bits per heavy atom. The Labute approximate surface area is 190 Å². The largest absolute Gasteiger partial charge is 0.325 e. The Balaban J connectivity index is 1.68. The third-order valence-corrected chi connectivity index (χ3v) is 6.77. The van der Waals surface area contributed by atoms with Crippen LogP contribution < -0.4 is 9.62 Å². The van der Waals surface area contributed by atoms with Crippen molar-refractivity contribution in [3.05, 3.63) is 64.9 Å². The summed E-state index contributed by atoms with van der Waals surface area (Å²) >= 11 is 7.13. The van der Waals surface area contributed by atoms with Crippen molar-refractivity contribution in [3.63, 3.8) is 0 Å². The summed E-state index contributed by atoms with van der Waals surface area (Å²) in [4.78, 5) is 12.2. The number of amides is 1. The molecule has 11 heteroatoms. The van der Waals surface area contributed by atoms with Crippen LogP contribution in [0, 0.1) is 6.92 Å². The van der Waals surface area contributed by atoms with Crippen LogP contribution in [0.3, 0.4) is 0 Å². The predicted molar refractivity (Wildman–Crippen MR) is 124 cm³/mol. The topological polar surface area (TPSA) is 97.2 Å². The summed E-state index contributed by atoms with van der Waals surface area (Å²) in [6.07, 6.45) is 1.15. The molecule has 0 aliphatic carbocycles. The fourth-order valence-corrected chi connectivity index (χ4v) is 4.52. The molecular formula is C20H22ClN5O3S2. The average Bonchev–Trinajstić information content (AvgIpc) is 3.04. The van der Waals surface area contributed by atoms with Gasteiger partial charge in [0.05, 0.1) is 24.2 Å². The van der Waals surface area contributed by atoms with E-state index in [1.807, 2.05) is 19.1 Å². The molecule has 2 aromatic carbocycles. The number of hydrogen-bond acceptors (Lipinski definition) is 6. The van der Waals surface area contributed by atoms with Gasteiger partial charge in [-0.15, -0.1) is 10.2 Å². The van der Waals surface area contributed by atoms with Crippen LogP contribution in [-0.2, 0) is 28.4 Å². The number of nitrogens with one attached hydrogen (secondary N) is 1. The highest BCUT2D eigenvalue weighted by Crippen LogP contribution is 2.23. The number of hydrogen-bond donors (Lipinski definition) is 1. The molecule has 1 N–H and O–H groups in total. The summed E-state index contributed by atoms with van der Waals surface area (Å²) in [7, 11) is -1.79. The first kappa shape index (κ1) is 23.1. The zero-order valence-electron chi connectivity index (χ0n) is 17.2. The highest BCUT2D eigenvalue weighted by Gasteiger charge is 2.21. The van der Waals surface area contributed by atoms with E-state index in [0.29, 0.717) is 27.4 Å². The number of aryl methyl sites for hydroxylation is 1. The normalized spacial score (nSPS) is 11.4. The van der Waals surface area contributed by atoms with Gasteiger partial charge in [0.2, 0.25) is 15.9 Å². The first-order valence-corrected chi connectivity index (χ1v) is 12.5. The van der Waals surface area contributed by atoms with E-state index >= 15 is 0 Å². The second kappa shape index (κ2) is 9.71. The van der Waals surface area contributed by atoms with Gasteiger partial charge in [-0.25, -0.2) is 8.42 Å². The SMILES string of the molecule is Cc1ccc(N(Cc2nnc(SCC(=O)Nc3cccc(Cl)c3)n2C)S(C)(=O)=O)cc1. The van der Waals surface area contributed by atoms with E-state index in [1.54, 1.807) is 48.0 Å². The van der Waals surface area contributed by atoms with Crippen LogP contribution in [0.2, 0.25) is 5.02 Å². The molecule has 8 nitrogen and oxygen atoms in total. The molecule has 0 spiro atoms. The fourth-order valence-electron chi connectivity index (χ4n) is 2.74. The number of anilines is 2. The highest BCUT2D eigenvalue weighted by atomic mass is 35.5. The van der Waals surface area contributed by atoms with Crippen LogP contribution in [0.5, 0.6) is 0 Å². The average molecular weight is 480 g/mol. The van der Waals surface area contributed by atoms with Crippen LogP contribution in [0.4, 0.5) is 11.4 Å². The molecule has 3 rings (SSSR count). The maximum absolute atomic E-state index is 12.4. The minimum atomic E-state index is -3.53. The van der Waals surface area contributed by atoms with Gasteiger partial charge in [-0.2, -0.15) is 0 Å². The van der Waals surface area contributed by atoms with Gasteiger partial charge in [0.1, 0.15) is 0 Å². The number of thioether (sulfide) groups is 1. The van der Waals surface area contributed by atoms with Gasteiger partial charge < -0.3 is 9.88 Å². The second-order valence-electron chi connectivity index (χ2n) is 6.91. The summed E-state index contributed by atoms with van der Waals surface area (Å²) < 4.78 is 27.7. The molecule has 0 atom stereocenters. The molecule has 0 saturated heterocycles. The molecule has 0 unspecified atom stereocenters. The van der Waals surface area contributed by atoms with Crippen LogP contribution >= 0.6 is 23.4 Å². The molecule has 1 amide bonds. The Morgan fingerprint density at radius 1 is 1.19 bits per heavy atom. The molecule has 164 valence electrons. The fraction of sp³-hybridized carbons (Fsp3) is 0.250. The van der Waals surface area contributed by atoms with E-state index < -0.39 is 10.0 Å². The molecule has 0 fully saturated rings. The maximum atomic E-state index is 12.4. The van der Waals surface area contributed by atoms with E-state index in [0.717, 1.165) is 11.8 Å². The van der Waals surface area contributed by atoms with E-state index in [2.05, 4.69) is 15.5 Å². The monoisotopic (exact) mass is 479 g/mol. The highest BCUT2D eigenvalue weighted by molar-refractivity contribution is 7.99. The van der Waals surface area contributed by atoms with Gasteiger partial charge in [0.25, 0.3) is 0 Å². The van der Waals surface area contributed by atoms with E-state index in [4.69, 9.17) is 11.6 Å². The van der Waals surface area contributed by atoms with E-state index in [9.17, 15) is 13.2 Å². The molecule has 1 heterocycles. The molecular weight excluding hydrogens is 458 g/mol. The lowest BCUT2D eigenvalue weighted by atomic mass is 10.2. The number of carbonyl (C=O) groups excluding carboxylic acids is 1. The number of halogens is 1. The van der Waals surface area contributed by atoms with Crippen LogP contribution in [0.1, 0.15) is 11.4 Å². The van der Waals surface area contributed by atoms with Crippen molar-refractivity contribution in [3.8, 4) is 0 Å². The lowest BCUT2D eigenvalue weighted by molar-refractivity contribution is -0.113. The number of carbonyl (C=O) groups is 1. The Morgan fingerprint density at radius 3 is 2.55 bits per heavy atom. The zero-order valence-corrected chi connectivity index (χ0v) is 19.6. The Hall–Kier alpha value is -2.56. The molecule has 0 saturated carbocycles. The van der Waals surface area contributed by atoms with Crippen molar-refractivity contribution in [1.29, 1.82) is 0 Å². The Kier molecular flexibility index (Phi) is 7.24. The first-order chi connectivity index (χ1) is 14.6. The zero-order chi connectivity index (χ0) is 22.6. The van der Waals surface area contributed by atoms with Gasteiger partial charge in [0.15, 0.2) is 11.0 Å². The van der Waals surface area contributed by atoms with Crippen molar-refractivity contribution < 1.29 is 13.2 Å². The number of nitrogens with zero attached hydrogens (tertiary/aromatic N) is 4. The quantitative estimate of drug-likeness (QED) is 0.497. The second-order valence-corrected chi connectivity index (χ2v) is 10.2. The number of aromatic nitrogens is 3. The summed E-state index contributed by atoms with van der Waals surface area (Å²) in [6.45, 7) is 1.96. The maximum Gasteiger partial charge on any atom is 0.234 e. The lowest BCUT2D eigenvalue weighted by Gasteiger charge is -2.22. The van der Waals surface area contributed by atoms with Gasteiger partial charge in [-0.3, -0.25) is 9.10 Å². The standard InChI is InChI=1S/C20H22ClN5O3S2/c1-14-7-9-17(10-8-14)26(31(3,28)29)12-18-23-24-20(25(18)2)30-13-19(27)22-16-6-4-5-15(21)11-16/h4-11H,12-13H2,1-3H3,(H,22,27). The molecule has 3 aromatic rings. The van der Waals surface area contributed by atoms with Crippen molar-refractivity contribution in [2.24, 2.45) is 7.05 Å². The first-order valence-electron chi connectivity index (χ1n) is 9.24. The molecule has 0 aliphatic rings. The Bertz CT molecular complexity index is 1180. The predicted octanol–water partition coefficient (Wildman–Crippen LogP) is 3.47. The van der Waals surface area contributed by atoms with Crippen molar-refractivity contribution in [1.82, 2.24) is 14.8 Å². The summed E-state index contributed by atoms with van der Waals surface area (Å²) in [5.41, 5.74) is 2.19. The van der Waals surface area contributed by atoms with Gasteiger partial charge in [-0.05, 0) is 37.3 Å². The summed E-state index contributed by atoms with van der Waals surface area (Å²) in [6, 6.07) is 14.1. The summed E-state index contributed by atoms with van der Waals surface area (Å²) in [5, 5.41) is 12.0. The molecule has 31 heavy (non-hydrogen) atoms. The van der Waals surface area contributed by atoms with Crippen molar-refractivity contribution >= 4 is 50.7 Å². The number of sulfonamides is 1. The molecule has 0 bridgehead atoms. The van der Waals surface area contributed by atoms with Crippen LogP contribution in [0.25, 0.3) is 0 Å². The van der Waals surface area contributed by atoms with Gasteiger partial charge in [0, 0.05) is 17.8 Å². The van der Waals surface area contributed by atoms with Crippen molar-refractivity contribution in [2.75, 3.05) is 21.6 Å². The number of rotatable bonds is 8. The van der Waals surface area contributed by atoms with E-state index in [1.165, 1.54) is 16.1 Å². The molecule has 1 aromatic heterocycles. The smallest absolute Gasteiger partial charge is 0.234 e. The minimum Gasteiger partial charge on any atom is -0.325 e. The number of benzene rings is 2. The summed E-state index contributed by atoms with van der Waals surface area (Å²) in [5.74, 6) is 0.365. The minimum absolute atomic E-state index is 0.0284. The third kappa shape index (κ3) is 6.22. The van der Waals surface area contributed by atoms with Gasteiger partial charge in [-0.1, -0.05) is 47.1 Å². The third-order valence-electron chi connectivity index (χ3n) is 4.37. The van der Waals surface area contributed by atoms with Crippen molar-refractivity contribution in [2.45, 2.75) is 18.6 Å². The van der Waals surface area contributed by atoms with Crippen LogP contribution in [-0.4, -0.2) is 41.1 Å². The molecule has 0 aliphatic heterocycles. The van der Waals surface area contributed by atoms with Crippen LogP contribution in [0.15, 0.2) is 53.7 Å². The molecule has 0 radical (unpaired) electrons. The van der Waals surface area contributed by atoms with Gasteiger partial charge >= 0.3 is 0 Å².